The van der Waals surface area contributed by atoms with E-state index in [-0.39, 0.29) is 6.42 Å². The van der Waals surface area contributed by atoms with Crippen LogP contribution in [0.1, 0.15) is 27.2 Å². The number of hydrogen-bond acceptors (Lipinski definition) is 4. The van der Waals surface area contributed by atoms with Crippen LogP contribution in [0.4, 0.5) is 4.79 Å². The van der Waals surface area contributed by atoms with Gasteiger partial charge in [-0.05, 0) is 43.1 Å². The number of nitrogens with one attached hydrogen (secondary N) is 1. The van der Waals surface area contributed by atoms with Crippen molar-refractivity contribution >= 4 is 28.0 Å². The molecule has 0 fully saturated rings. The van der Waals surface area contributed by atoms with Gasteiger partial charge in [-0.3, -0.25) is 4.68 Å². The number of rotatable bonds is 5. The molecule has 20 heavy (non-hydrogen) atoms. The Kier molecular flexibility index (Phi) is 5.55. The van der Waals surface area contributed by atoms with Gasteiger partial charge in [0.1, 0.15) is 11.6 Å². The first-order chi connectivity index (χ1) is 9.17. The molecule has 0 aliphatic carbocycles. The second kappa shape index (κ2) is 6.74. The molecule has 0 aliphatic rings. The highest BCUT2D eigenvalue weighted by Crippen LogP contribution is 2.09. The van der Waals surface area contributed by atoms with Gasteiger partial charge in [-0.2, -0.15) is 5.10 Å². The molecule has 1 amide bonds. The summed E-state index contributed by atoms with van der Waals surface area (Å²) in [6.07, 6.45) is 2.80. The minimum absolute atomic E-state index is 0.211. The van der Waals surface area contributed by atoms with E-state index in [1.54, 1.807) is 37.8 Å². The third-order valence-corrected chi connectivity index (χ3v) is 2.65. The predicted molar refractivity (Wildman–Crippen MR) is 75.3 cm³/mol. The molecular formula is C12H18BrN3O4. The summed E-state index contributed by atoms with van der Waals surface area (Å²) in [6.45, 7) is 5.51. The van der Waals surface area contributed by atoms with Crippen LogP contribution >= 0.6 is 15.9 Å². The SMILES string of the molecule is CC(C)(C)OC(=O)NC(CCn1cc(Br)cn1)C(=O)O. The molecule has 0 aromatic carbocycles. The van der Waals surface area contributed by atoms with E-state index >= 15 is 0 Å². The van der Waals surface area contributed by atoms with E-state index in [0.29, 0.717) is 6.54 Å². The van der Waals surface area contributed by atoms with E-state index < -0.39 is 23.7 Å². The summed E-state index contributed by atoms with van der Waals surface area (Å²) < 4.78 is 7.43. The average Bonchev–Trinajstić information content (AvgIpc) is 2.67. The molecule has 0 bridgehead atoms. The number of aryl methyl sites for hydroxylation is 1. The van der Waals surface area contributed by atoms with Crippen LogP contribution < -0.4 is 5.32 Å². The number of ether oxygens (including phenoxy) is 1. The molecule has 1 aromatic heterocycles. The molecule has 0 aliphatic heterocycles. The molecule has 0 saturated heterocycles. The molecule has 0 saturated carbocycles. The van der Waals surface area contributed by atoms with Gasteiger partial charge in [0.05, 0.1) is 10.7 Å². The Bertz CT molecular complexity index is 481. The van der Waals surface area contributed by atoms with Crippen molar-refractivity contribution in [2.24, 2.45) is 0 Å². The largest absolute Gasteiger partial charge is 0.480 e. The van der Waals surface area contributed by atoms with E-state index in [0.717, 1.165) is 4.47 Å². The summed E-state index contributed by atoms with van der Waals surface area (Å²) >= 11 is 3.25. The van der Waals surface area contributed by atoms with Crippen LogP contribution in [0.5, 0.6) is 0 Å². The molecule has 7 nitrogen and oxygen atoms in total. The topological polar surface area (TPSA) is 93.5 Å². The number of carboxylic acids is 1. The zero-order valence-corrected chi connectivity index (χ0v) is 13.2. The highest BCUT2D eigenvalue weighted by Gasteiger charge is 2.23. The summed E-state index contributed by atoms with van der Waals surface area (Å²) in [4.78, 5) is 22.7. The van der Waals surface area contributed by atoms with Crippen molar-refractivity contribution in [3.63, 3.8) is 0 Å². The van der Waals surface area contributed by atoms with Crippen LogP contribution in [0.25, 0.3) is 0 Å². The fraction of sp³-hybridized carbons (Fsp3) is 0.583. The number of carboxylic acid groups (broad SMARTS) is 1. The lowest BCUT2D eigenvalue weighted by Crippen LogP contribution is -2.44. The minimum atomic E-state index is -1.11. The number of nitrogens with zero attached hydrogens (tertiary/aromatic N) is 2. The second-order valence-corrected chi connectivity index (χ2v) is 6.16. The van der Waals surface area contributed by atoms with Gasteiger partial charge >= 0.3 is 12.1 Å². The number of alkyl carbamates (subject to hydrolysis) is 1. The lowest BCUT2D eigenvalue weighted by atomic mass is 10.2. The van der Waals surface area contributed by atoms with Gasteiger partial charge in [0.15, 0.2) is 0 Å². The van der Waals surface area contributed by atoms with E-state index in [1.807, 2.05) is 0 Å². The zero-order valence-electron chi connectivity index (χ0n) is 11.6. The maximum atomic E-state index is 11.6. The standard InChI is InChI=1S/C12H18BrN3O4/c1-12(2,3)20-11(19)15-9(10(17)18)4-5-16-7-8(13)6-14-16/h6-7,9H,4-5H2,1-3H3,(H,15,19)(H,17,18). The quantitative estimate of drug-likeness (QED) is 0.849. The third kappa shape index (κ3) is 6.05. The third-order valence-electron chi connectivity index (χ3n) is 2.24. The summed E-state index contributed by atoms with van der Waals surface area (Å²) in [5, 5.41) is 15.4. The number of aliphatic carboxylic acids is 1. The number of hydrogen-bond donors (Lipinski definition) is 2. The molecular weight excluding hydrogens is 330 g/mol. The average molecular weight is 348 g/mol. The van der Waals surface area contributed by atoms with Gasteiger partial charge < -0.3 is 15.2 Å². The van der Waals surface area contributed by atoms with Crippen molar-refractivity contribution in [2.75, 3.05) is 0 Å². The van der Waals surface area contributed by atoms with Crippen LogP contribution in [0.3, 0.4) is 0 Å². The van der Waals surface area contributed by atoms with Gasteiger partial charge in [0, 0.05) is 12.7 Å². The minimum Gasteiger partial charge on any atom is -0.480 e. The van der Waals surface area contributed by atoms with E-state index in [1.165, 1.54) is 0 Å². The first-order valence-corrected chi connectivity index (χ1v) is 6.87. The van der Waals surface area contributed by atoms with Gasteiger partial charge in [-0.15, -0.1) is 0 Å². The maximum absolute atomic E-state index is 11.6. The molecule has 0 spiro atoms. The Hall–Kier alpha value is -1.57. The Morgan fingerprint density at radius 1 is 1.55 bits per heavy atom. The Balaban J connectivity index is 2.52. The molecule has 1 aromatic rings. The molecule has 1 unspecified atom stereocenters. The molecule has 1 rings (SSSR count). The van der Waals surface area contributed by atoms with Crippen molar-refractivity contribution in [1.82, 2.24) is 15.1 Å². The van der Waals surface area contributed by atoms with Crippen LogP contribution in [-0.2, 0) is 16.1 Å². The van der Waals surface area contributed by atoms with Gasteiger partial charge in [0.2, 0.25) is 0 Å². The monoisotopic (exact) mass is 347 g/mol. The Morgan fingerprint density at radius 3 is 2.65 bits per heavy atom. The summed E-state index contributed by atoms with van der Waals surface area (Å²) in [7, 11) is 0. The number of amides is 1. The molecule has 2 N–H and O–H groups in total. The van der Waals surface area contributed by atoms with E-state index in [2.05, 4.69) is 26.3 Å². The van der Waals surface area contributed by atoms with Crippen molar-refractivity contribution in [2.45, 2.75) is 45.4 Å². The Labute approximate surface area is 125 Å². The highest BCUT2D eigenvalue weighted by molar-refractivity contribution is 9.10. The van der Waals surface area contributed by atoms with Crippen molar-refractivity contribution in [3.8, 4) is 0 Å². The van der Waals surface area contributed by atoms with E-state index in [9.17, 15) is 9.59 Å². The van der Waals surface area contributed by atoms with Gasteiger partial charge in [0.25, 0.3) is 0 Å². The molecule has 0 radical (unpaired) electrons. The summed E-state index contributed by atoms with van der Waals surface area (Å²) in [5.74, 6) is -1.11. The summed E-state index contributed by atoms with van der Waals surface area (Å²) in [6, 6.07) is -1.02. The number of carbonyl (C=O) groups excluding carboxylic acids is 1. The molecule has 1 heterocycles. The summed E-state index contributed by atoms with van der Waals surface area (Å²) in [5.41, 5.74) is -0.667. The lowest BCUT2D eigenvalue weighted by molar-refractivity contribution is -0.139. The maximum Gasteiger partial charge on any atom is 0.408 e. The van der Waals surface area contributed by atoms with Crippen LogP contribution in [0.2, 0.25) is 0 Å². The first-order valence-electron chi connectivity index (χ1n) is 6.07. The molecule has 8 heteroatoms. The van der Waals surface area contributed by atoms with Crippen LogP contribution in [-0.4, -0.2) is 38.6 Å². The highest BCUT2D eigenvalue weighted by atomic mass is 79.9. The zero-order chi connectivity index (χ0) is 15.3. The number of aromatic nitrogens is 2. The molecule has 112 valence electrons. The molecule has 1 atom stereocenters. The normalized spacial score (nSPS) is 12.8. The fourth-order valence-electron chi connectivity index (χ4n) is 1.43. The number of halogens is 1. The van der Waals surface area contributed by atoms with Gasteiger partial charge in [-0.25, -0.2) is 9.59 Å². The second-order valence-electron chi connectivity index (χ2n) is 5.25. The first kappa shape index (κ1) is 16.5. The van der Waals surface area contributed by atoms with Crippen LogP contribution in [0, 0.1) is 0 Å². The van der Waals surface area contributed by atoms with Crippen molar-refractivity contribution in [3.05, 3.63) is 16.9 Å². The van der Waals surface area contributed by atoms with Crippen molar-refractivity contribution in [1.29, 1.82) is 0 Å². The fourth-order valence-corrected chi connectivity index (χ4v) is 1.76. The lowest BCUT2D eigenvalue weighted by Gasteiger charge is -2.22. The predicted octanol–water partition coefficient (Wildman–Crippen LogP) is 2.01. The number of carbonyl (C=O) groups is 2. The van der Waals surface area contributed by atoms with Crippen LogP contribution in [0.15, 0.2) is 16.9 Å². The van der Waals surface area contributed by atoms with E-state index in [4.69, 9.17) is 9.84 Å². The Morgan fingerprint density at radius 2 is 2.20 bits per heavy atom. The van der Waals surface area contributed by atoms with Crippen molar-refractivity contribution < 1.29 is 19.4 Å². The van der Waals surface area contributed by atoms with Gasteiger partial charge in [-0.1, -0.05) is 0 Å². The smallest absolute Gasteiger partial charge is 0.408 e.